The number of hydrogen-bond donors (Lipinski definition) is 2. The summed E-state index contributed by atoms with van der Waals surface area (Å²) >= 11 is 1.11. The van der Waals surface area contributed by atoms with Crippen LogP contribution < -0.4 is 15.8 Å². The molecule has 1 aromatic carbocycles. The molecule has 3 N–H and O–H groups in total. The predicted molar refractivity (Wildman–Crippen MR) is 103 cm³/mol. The molecule has 134 valence electrons. The Morgan fingerprint density at radius 2 is 2.08 bits per heavy atom. The van der Waals surface area contributed by atoms with E-state index in [4.69, 9.17) is 10.5 Å². The Kier molecular flexibility index (Phi) is 6.64. The highest BCUT2D eigenvalue weighted by atomic mass is 32.1. The SMILES string of the molecule is Nc1nsnc1NC/C=C\COc1cccc(CN2CCCCC2)c1. The fourth-order valence-electron chi connectivity index (χ4n) is 2.88. The molecule has 1 aliphatic heterocycles. The molecule has 2 heterocycles. The zero-order chi connectivity index (χ0) is 17.3. The fraction of sp³-hybridized carbons (Fsp3) is 0.444. The van der Waals surface area contributed by atoms with E-state index in [1.54, 1.807) is 0 Å². The summed E-state index contributed by atoms with van der Waals surface area (Å²) in [6, 6.07) is 8.39. The number of hydrogen-bond acceptors (Lipinski definition) is 7. The van der Waals surface area contributed by atoms with Crippen molar-refractivity contribution in [2.24, 2.45) is 0 Å². The van der Waals surface area contributed by atoms with Gasteiger partial charge < -0.3 is 15.8 Å². The molecular formula is C18H25N5OS. The third-order valence-electron chi connectivity index (χ3n) is 4.17. The topological polar surface area (TPSA) is 76.3 Å². The lowest BCUT2D eigenvalue weighted by atomic mass is 10.1. The van der Waals surface area contributed by atoms with Crippen molar-refractivity contribution in [3.05, 3.63) is 42.0 Å². The molecule has 0 radical (unpaired) electrons. The van der Waals surface area contributed by atoms with Crippen LogP contribution in [-0.2, 0) is 6.54 Å². The molecule has 0 amide bonds. The van der Waals surface area contributed by atoms with Crippen LogP contribution in [0.1, 0.15) is 24.8 Å². The van der Waals surface area contributed by atoms with Crippen LogP contribution in [0.25, 0.3) is 0 Å². The Labute approximate surface area is 153 Å². The van der Waals surface area contributed by atoms with Crippen LogP contribution in [0.4, 0.5) is 11.6 Å². The van der Waals surface area contributed by atoms with Crippen molar-refractivity contribution >= 4 is 23.4 Å². The normalized spacial score (nSPS) is 15.5. The van der Waals surface area contributed by atoms with E-state index in [1.165, 1.54) is 37.9 Å². The van der Waals surface area contributed by atoms with Gasteiger partial charge in [0, 0.05) is 13.1 Å². The zero-order valence-electron chi connectivity index (χ0n) is 14.4. The summed E-state index contributed by atoms with van der Waals surface area (Å²) in [6.45, 7) is 4.62. The average molecular weight is 359 g/mol. The number of ether oxygens (including phenoxy) is 1. The number of rotatable bonds is 8. The Morgan fingerprint density at radius 3 is 2.88 bits per heavy atom. The van der Waals surface area contributed by atoms with Gasteiger partial charge in [0.05, 0.1) is 11.7 Å². The molecule has 6 nitrogen and oxygen atoms in total. The standard InChI is InChI=1S/C18H25N5OS/c19-17-18(22-25-21-17)20-9-2-5-12-24-16-8-6-7-15(13-16)14-23-10-3-1-4-11-23/h2,5-8,13H,1,3-4,9-12,14H2,(H2,19,21)(H,20,22)/b5-2-. The highest BCUT2D eigenvalue weighted by molar-refractivity contribution is 6.99. The highest BCUT2D eigenvalue weighted by Crippen LogP contribution is 2.17. The summed E-state index contributed by atoms with van der Waals surface area (Å²) in [7, 11) is 0. The van der Waals surface area contributed by atoms with Crippen LogP contribution in [-0.4, -0.2) is 39.9 Å². The van der Waals surface area contributed by atoms with Gasteiger partial charge in [0.25, 0.3) is 0 Å². The monoisotopic (exact) mass is 359 g/mol. The van der Waals surface area contributed by atoms with Crippen LogP contribution in [0.2, 0.25) is 0 Å². The molecule has 0 atom stereocenters. The van der Waals surface area contributed by atoms with E-state index in [0.29, 0.717) is 24.8 Å². The lowest BCUT2D eigenvalue weighted by molar-refractivity contribution is 0.220. The van der Waals surface area contributed by atoms with Crippen molar-refractivity contribution < 1.29 is 4.74 Å². The molecule has 3 rings (SSSR count). The molecule has 1 aromatic heterocycles. The van der Waals surface area contributed by atoms with Gasteiger partial charge in [-0.3, -0.25) is 4.90 Å². The van der Waals surface area contributed by atoms with Crippen molar-refractivity contribution in [1.82, 2.24) is 13.6 Å². The van der Waals surface area contributed by atoms with E-state index in [2.05, 4.69) is 37.2 Å². The molecule has 1 saturated heterocycles. The van der Waals surface area contributed by atoms with Crippen molar-refractivity contribution in [1.29, 1.82) is 0 Å². The molecule has 0 spiro atoms. The Hall–Kier alpha value is -2.12. The highest BCUT2D eigenvalue weighted by Gasteiger charge is 2.10. The van der Waals surface area contributed by atoms with Gasteiger partial charge in [-0.1, -0.05) is 24.6 Å². The average Bonchev–Trinajstić information content (AvgIpc) is 3.04. The van der Waals surface area contributed by atoms with Crippen LogP contribution >= 0.6 is 11.7 Å². The van der Waals surface area contributed by atoms with Crippen LogP contribution in [0.5, 0.6) is 5.75 Å². The largest absolute Gasteiger partial charge is 0.490 e. The summed E-state index contributed by atoms with van der Waals surface area (Å²) in [6.07, 6.45) is 7.98. The minimum absolute atomic E-state index is 0.445. The van der Waals surface area contributed by atoms with Crippen molar-refractivity contribution in [2.45, 2.75) is 25.8 Å². The first-order valence-corrected chi connectivity index (χ1v) is 9.45. The first-order chi connectivity index (χ1) is 12.3. The quantitative estimate of drug-likeness (QED) is 0.705. The first-order valence-electron chi connectivity index (χ1n) is 8.72. The maximum Gasteiger partial charge on any atom is 0.184 e. The number of benzene rings is 1. The van der Waals surface area contributed by atoms with E-state index >= 15 is 0 Å². The van der Waals surface area contributed by atoms with Gasteiger partial charge in [-0.05, 0) is 49.7 Å². The van der Waals surface area contributed by atoms with Gasteiger partial charge in [0.2, 0.25) is 0 Å². The molecule has 0 bridgehead atoms. The van der Waals surface area contributed by atoms with E-state index < -0.39 is 0 Å². The van der Waals surface area contributed by atoms with Gasteiger partial charge in [-0.15, -0.1) is 0 Å². The van der Waals surface area contributed by atoms with Crippen LogP contribution in [0, 0.1) is 0 Å². The minimum atomic E-state index is 0.445. The Balaban J connectivity index is 1.39. The van der Waals surface area contributed by atoms with Crippen molar-refractivity contribution in [2.75, 3.05) is 37.3 Å². The summed E-state index contributed by atoms with van der Waals surface area (Å²) in [5, 5.41) is 3.11. The molecule has 1 aliphatic rings. The third-order valence-corrected chi connectivity index (χ3v) is 4.71. The number of nitrogens with one attached hydrogen (secondary N) is 1. The second kappa shape index (κ2) is 9.39. The molecule has 2 aromatic rings. The van der Waals surface area contributed by atoms with E-state index in [0.717, 1.165) is 24.0 Å². The van der Waals surface area contributed by atoms with Crippen LogP contribution in [0.15, 0.2) is 36.4 Å². The van der Waals surface area contributed by atoms with Crippen LogP contribution in [0.3, 0.4) is 0 Å². The zero-order valence-corrected chi connectivity index (χ0v) is 15.2. The van der Waals surface area contributed by atoms with Crippen molar-refractivity contribution in [3.8, 4) is 5.75 Å². The third kappa shape index (κ3) is 5.72. The Morgan fingerprint density at radius 1 is 1.20 bits per heavy atom. The maximum atomic E-state index is 5.81. The fourth-order valence-corrected chi connectivity index (χ4v) is 3.33. The minimum Gasteiger partial charge on any atom is -0.490 e. The first kappa shape index (κ1) is 17.7. The molecule has 1 fully saturated rings. The number of likely N-dealkylation sites (tertiary alicyclic amines) is 1. The number of nitrogens with two attached hydrogens (primary N) is 1. The molecular weight excluding hydrogens is 334 g/mol. The van der Waals surface area contributed by atoms with Gasteiger partial charge in [0.15, 0.2) is 11.6 Å². The lowest BCUT2D eigenvalue weighted by Crippen LogP contribution is -2.29. The number of aromatic nitrogens is 2. The summed E-state index contributed by atoms with van der Waals surface area (Å²) < 4.78 is 13.8. The predicted octanol–water partition coefficient (Wildman–Crippen LogP) is 3.15. The number of nitrogen functional groups attached to an aromatic ring is 1. The number of piperidine rings is 1. The molecule has 0 aliphatic carbocycles. The van der Waals surface area contributed by atoms with Gasteiger partial charge >= 0.3 is 0 Å². The summed E-state index contributed by atoms with van der Waals surface area (Å²) in [5.74, 6) is 2.00. The second-order valence-corrected chi connectivity index (χ2v) is 6.67. The lowest BCUT2D eigenvalue weighted by Gasteiger charge is -2.26. The molecule has 25 heavy (non-hydrogen) atoms. The smallest absolute Gasteiger partial charge is 0.184 e. The molecule has 0 unspecified atom stereocenters. The van der Waals surface area contributed by atoms with Gasteiger partial charge in [-0.25, -0.2) is 0 Å². The maximum absolute atomic E-state index is 5.81. The summed E-state index contributed by atoms with van der Waals surface area (Å²) in [4.78, 5) is 2.52. The van der Waals surface area contributed by atoms with E-state index in [9.17, 15) is 0 Å². The van der Waals surface area contributed by atoms with E-state index in [1.807, 2.05) is 18.2 Å². The number of anilines is 2. The molecule has 7 heteroatoms. The molecule has 0 saturated carbocycles. The summed E-state index contributed by atoms with van der Waals surface area (Å²) in [5.41, 5.74) is 6.98. The van der Waals surface area contributed by atoms with E-state index in [-0.39, 0.29) is 0 Å². The Bertz CT molecular complexity index is 682. The van der Waals surface area contributed by atoms with Gasteiger partial charge in [-0.2, -0.15) is 8.75 Å². The van der Waals surface area contributed by atoms with Crippen molar-refractivity contribution in [3.63, 3.8) is 0 Å². The second-order valence-electron chi connectivity index (χ2n) is 6.15. The van der Waals surface area contributed by atoms with Gasteiger partial charge in [0.1, 0.15) is 12.4 Å². The number of nitrogens with zero attached hydrogens (tertiary/aromatic N) is 3.